The van der Waals surface area contributed by atoms with Gasteiger partial charge in [0.1, 0.15) is 0 Å². The normalized spacial score (nSPS) is 17.8. The molecule has 0 aromatic carbocycles. The molecule has 0 bridgehead atoms. The van der Waals surface area contributed by atoms with Gasteiger partial charge in [0.05, 0.1) is 25.4 Å². The van der Waals surface area contributed by atoms with Crippen molar-refractivity contribution in [3.63, 3.8) is 0 Å². The molecule has 0 aromatic rings. The molecule has 0 fully saturated rings. The van der Waals surface area contributed by atoms with E-state index < -0.39 is 11.9 Å². The average Bonchev–Trinajstić information content (AvgIpc) is 2.65. The number of hydrogen-bond acceptors (Lipinski definition) is 5. The van der Waals surface area contributed by atoms with E-state index in [2.05, 4.69) is 9.47 Å². The summed E-state index contributed by atoms with van der Waals surface area (Å²) in [7, 11) is 2.56. The molecule has 0 atom stereocenters. The number of ether oxygens (including phenoxy) is 2. The summed E-state index contributed by atoms with van der Waals surface area (Å²) in [6, 6.07) is 0. The van der Waals surface area contributed by atoms with Crippen LogP contribution in [0.2, 0.25) is 0 Å². The Morgan fingerprint density at radius 1 is 1.18 bits per heavy atom. The quantitative estimate of drug-likeness (QED) is 0.719. The van der Waals surface area contributed by atoms with E-state index in [0.717, 1.165) is 0 Å². The molecule has 5 heteroatoms. The van der Waals surface area contributed by atoms with Gasteiger partial charge in [-0.2, -0.15) is 0 Å². The van der Waals surface area contributed by atoms with Crippen molar-refractivity contribution < 1.29 is 19.1 Å². The van der Waals surface area contributed by atoms with Gasteiger partial charge in [-0.25, -0.2) is 9.59 Å². The summed E-state index contributed by atoms with van der Waals surface area (Å²) in [5, 5.41) is 0. The van der Waals surface area contributed by atoms with E-state index in [1.807, 2.05) is 0 Å². The first-order chi connectivity index (χ1) is 7.93. The highest BCUT2D eigenvalue weighted by Crippen LogP contribution is 2.32. The molecule has 0 saturated carbocycles. The Labute approximate surface area is 99.6 Å². The fourth-order valence-electron chi connectivity index (χ4n) is 1.66. The van der Waals surface area contributed by atoms with Crippen LogP contribution in [0.3, 0.4) is 0 Å². The second-order valence-corrected chi connectivity index (χ2v) is 3.64. The van der Waals surface area contributed by atoms with E-state index in [9.17, 15) is 9.59 Å². The number of carbonyl (C=O) groups is 2. The van der Waals surface area contributed by atoms with Crippen LogP contribution in [0, 0.1) is 0 Å². The van der Waals surface area contributed by atoms with E-state index in [0.29, 0.717) is 28.0 Å². The molecule has 0 aliphatic heterocycles. The Morgan fingerprint density at radius 2 is 1.71 bits per heavy atom. The summed E-state index contributed by atoms with van der Waals surface area (Å²) < 4.78 is 9.31. The molecule has 0 saturated heterocycles. The van der Waals surface area contributed by atoms with E-state index >= 15 is 0 Å². The molecule has 0 radical (unpaired) electrons. The molecule has 17 heavy (non-hydrogen) atoms. The molecular formula is C12H15NO4. The van der Waals surface area contributed by atoms with Crippen LogP contribution < -0.4 is 5.73 Å². The summed E-state index contributed by atoms with van der Waals surface area (Å²) in [6.45, 7) is 3.31. The van der Waals surface area contributed by atoms with Gasteiger partial charge in [-0.15, -0.1) is 0 Å². The lowest BCUT2D eigenvalue weighted by Gasteiger charge is -2.06. The predicted octanol–water partition coefficient (Wildman–Crippen LogP) is 0.822. The van der Waals surface area contributed by atoms with Gasteiger partial charge in [-0.1, -0.05) is 0 Å². The topological polar surface area (TPSA) is 78.6 Å². The summed E-state index contributed by atoms with van der Waals surface area (Å²) >= 11 is 0. The van der Waals surface area contributed by atoms with Crippen LogP contribution in [-0.4, -0.2) is 26.2 Å². The number of methoxy groups -OCH3 is 2. The third-order valence-electron chi connectivity index (χ3n) is 2.56. The second kappa shape index (κ2) is 4.86. The van der Waals surface area contributed by atoms with Gasteiger partial charge in [0.25, 0.3) is 0 Å². The van der Waals surface area contributed by atoms with Crippen LogP contribution in [0.1, 0.15) is 13.8 Å². The SMILES string of the molecule is COC(=O)C1=C/C(=C(\C)N)C(C(=O)OC)=C1C. The van der Waals surface area contributed by atoms with Crippen molar-refractivity contribution in [2.24, 2.45) is 5.73 Å². The van der Waals surface area contributed by atoms with Crippen molar-refractivity contribution in [2.75, 3.05) is 14.2 Å². The fraction of sp³-hybridized carbons (Fsp3) is 0.333. The minimum absolute atomic E-state index is 0.313. The van der Waals surface area contributed by atoms with Gasteiger partial charge in [0.2, 0.25) is 0 Å². The van der Waals surface area contributed by atoms with Gasteiger partial charge < -0.3 is 15.2 Å². The average molecular weight is 237 g/mol. The third-order valence-corrected chi connectivity index (χ3v) is 2.56. The first kappa shape index (κ1) is 13.0. The molecule has 0 unspecified atom stereocenters. The largest absolute Gasteiger partial charge is 0.465 e. The Kier molecular flexibility index (Phi) is 3.73. The van der Waals surface area contributed by atoms with Crippen LogP contribution >= 0.6 is 0 Å². The first-order valence-corrected chi connectivity index (χ1v) is 5.00. The summed E-state index contributed by atoms with van der Waals surface area (Å²) in [5.74, 6) is -1.02. The lowest BCUT2D eigenvalue weighted by molar-refractivity contribution is -0.136. The highest BCUT2D eigenvalue weighted by Gasteiger charge is 2.29. The fourth-order valence-corrected chi connectivity index (χ4v) is 1.66. The number of esters is 2. The molecule has 92 valence electrons. The molecule has 2 N–H and O–H groups in total. The maximum absolute atomic E-state index is 11.6. The number of rotatable bonds is 2. The molecule has 5 nitrogen and oxygen atoms in total. The van der Waals surface area contributed by atoms with Gasteiger partial charge >= 0.3 is 11.9 Å². The van der Waals surface area contributed by atoms with E-state index in [1.54, 1.807) is 19.9 Å². The van der Waals surface area contributed by atoms with Gasteiger partial charge in [0, 0.05) is 11.3 Å². The van der Waals surface area contributed by atoms with Crippen molar-refractivity contribution >= 4 is 11.9 Å². The van der Waals surface area contributed by atoms with Crippen LogP contribution in [0.15, 0.2) is 34.1 Å². The standard InChI is InChI=1S/C12H15NO4/c1-6-8(11(14)16-3)5-9(7(2)13)10(6)12(15)17-4/h5H,13H2,1-4H3/b9-7-. The molecule has 0 aromatic heterocycles. The summed E-state index contributed by atoms with van der Waals surface area (Å²) in [5.41, 5.74) is 7.80. The van der Waals surface area contributed by atoms with Gasteiger partial charge in [0.15, 0.2) is 0 Å². The Balaban J connectivity index is 3.37. The second-order valence-electron chi connectivity index (χ2n) is 3.64. The maximum Gasteiger partial charge on any atom is 0.338 e. The zero-order valence-corrected chi connectivity index (χ0v) is 10.3. The monoisotopic (exact) mass is 237 g/mol. The number of nitrogens with two attached hydrogens (primary N) is 1. The first-order valence-electron chi connectivity index (χ1n) is 5.00. The van der Waals surface area contributed by atoms with Crippen LogP contribution in [-0.2, 0) is 19.1 Å². The Hall–Kier alpha value is -2.04. The van der Waals surface area contributed by atoms with Crippen LogP contribution in [0.25, 0.3) is 0 Å². The van der Waals surface area contributed by atoms with Crippen LogP contribution in [0.4, 0.5) is 0 Å². The molecule has 0 spiro atoms. The van der Waals surface area contributed by atoms with E-state index in [1.165, 1.54) is 14.2 Å². The number of hydrogen-bond donors (Lipinski definition) is 1. The predicted molar refractivity (Wildman–Crippen MR) is 61.7 cm³/mol. The maximum atomic E-state index is 11.6. The molecule has 1 aliphatic carbocycles. The van der Waals surface area contributed by atoms with E-state index in [4.69, 9.17) is 5.73 Å². The molecular weight excluding hydrogens is 222 g/mol. The number of carbonyl (C=O) groups excluding carboxylic acids is 2. The highest BCUT2D eigenvalue weighted by atomic mass is 16.5. The van der Waals surface area contributed by atoms with Gasteiger partial charge in [-0.3, -0.25) is 0 Å². The zero-order chi connectivity index (χ0) is 13.2. The molecule has 1 aliphatic rings. The number of allylic oxidation sites excluding steroid dienone is 2. The van der Waals surface area contributed by atoms with Crippen LogP contribution in [0.5, 0.6) is 0 Å². The van der Waals surface area contributed by atoms with Gasteiger partial charge in [-0.05, 0) is 25.5 Å². The zero-order valence-electron chi connectivity index (χ0n) is 10.3. The van der Waals surface area contributed by atoms with Crippen molar-refractivity contribution in [2.45, 2.75) is 13.8 Å². The molecule has 0 amide bonds. The summed E-state index contributed by atoms with van der Waals surface area (Å²) in [4.78, 5) is 23.1. The smallest absolute Gasteiger partial charge is 0.338 e. The Morgan fingerprint density at radius 3 is 2.12 bits per heavy atom. The van der Waals surface area contributed by atoms with Crippen molar-refractivity contribution in [3.05, 3.63) is 34.1 Å². The minimum Gasteiger partial charge on any atom is -0.465 e. The van der Waals surface area contributed by atoms with E-state index in [-0.39, 0.29) is 0 Å². The van der Waals surface area contributed by atoms with Crippen molar-refractivity contribution in [1.29, 1.82) is 0 Å². The van der Waals surface area contributed by atoms with Crippen molar-refractivity contribution in [1.82, 2.24) is 0 Å². The summed E-state index contributed by atoms with van der Waals surface area (Å²) in [6.07, 6.45) is 1.54. The lowest BCUT2D eigenvalue weighted by atomic mass is 10.0. The Bertz CT molecular complexity index is 465. The lowest BCUT2D eigenvalue weighted by Crippen LogP contribution is -2.10. The molecule has 0 heterocycles. The van der Waals surface area contributed by atoms with Crippen molar-refractivity contribution in [3.8, 4) is 0 Å². The highest BCUT2D eigenvalue weighted by molar-refractivity contribution is 6.05. The minimum atomic E-state index is -0.516. The molecule has 1 rings (SSSR count). The third kappa shape index (κ3) is 2.22.